The minimum atomic E-state index is -0.137. The van der Waals surface area contributed by atoms with Crippen LogP contribution in [0.1, 0.15) is 54.4 Å². The number of thiophene rings is 1. The van der Waals surface area contributed by atoms with Crippen LogP contribution in [-0.2, 0) is 11.2 Å². The standard InChI is InChI=1S/C34H37N5O2S/c35-30-21-25-15-19-39(29-10-2-1-8-27(29)31(25)42-30)34(41)22-11-13-26(14-12-22)37-33(40)28-9-3-16-36-32(28)38-17-4-6-23-20-24(23)7-5-18-38/h1-2,8-14,21,23-24H,3-7,15-20,35H2,(H,37,40). The first-order valence-corrected chi connectivity index (χ1v) is 16.1. The molecule has 2 amide bonds. The lowest BCUT2D eigenvalue weighted by atomic mass is 10.1. The highest BCUT2D eigenvalue weighted by Gasteiger charge is 2.37. The van der Waals surface area contributed by atoms with Gasteiger partial charge in [-0.3, -0.25) is 14.6 Å². The summed E-state index contributed by atoms with van der Waals surface area (Å²) in [5.74, 6) is 2.50. The van der Waals surface area contributed by atoms with Crippen molar-refractivity contribution in [1.29, 1.82) is 0 Å². The summed E-state index contributed by atoms with van der Waals surface area (Å²) in [5, 5.41) is 3.86. The van der Waals surface area contributed by atoms with Crippen molar-refractivity contribution in [3.8, 4) is 10.4 Å². The lowest BCUT2D eigenvalue weighted by Crippen LogP contribution is -2.38. The molecule has 8 heteroatoms. The zero-order chi connectivity index (χ0) is 28.6. The van der Waals surface area contributed by atoms with Gasteiger partial charge in [0, 0.05) is 47.9 Å². The smallest absolute Gasteiger partial charge is 0.259 e. The number of amides is 2. The fourth-order valence-corrected chi connectivity index (χ4v) is 7.84. The van der Waals surface area contributed by atoms with E-state index in [4.69, 9.17) is 10.7 Å². The molecule has 3 N–H and O–H groups in total. The number of carbonyl (C=O) groups is 2. The number of nitrogens with two attached hydrogens (primary N) is 1. The monoisotopic (exact) mass is 579 g/mol. The Morgan fingerprint density at radius 2 is 1.74 bits per heavy atom. The quantitative estimate of drug-likeness (QED) is 0.377. The predicted octanol–water partition coefficient (Wildman–Crippen LogP) is 6.38. The molecule has 1 aliphatic carbocycles. The van der Waals surface area contributed by atoms with Gasteiger partial charge in [0.25, 0.3) is 11.8 Å². The Hall–Kier alpha value is -3.91. The maximum absolute atomic E-state index is 13.7. The lowest BCUT2D eigenvalue weighted by molar-refractivity contribution is -0.112. The van der Waals surface area contributed by atoms with Gasteiger partial charge < -0.3 is 20.9 Å². The highest BCUT2D eigenvalue weighted by Crippen LogP contribution is 2.46. The Morgan fingerprint density at radius 3 is 2.52 bits per heavy atom. The first kappa shape index (κ1) is 27.0. The van der Waals surface area contributed by atoms with Crippen molar-refractivity contribution in [3.63, 3.8) is 0 Å². The van der Waals surface area contributed by atoms with Crippen molar-refractivity contribution in [3.05, 3.63) is 77.4 Å². The van der Waals surface area contributed by atoms with Gasteiger partial charge in [-0.2, -0.15) is 0 Å². The van der Waals surface area contributed by atoms with Crippen LogP contribution < -0.4 is 16.0 Å². The van der Waals surface area contributed by atoms with Crippen LogP contribution in [0.5, 0.6) is 0 Å². The van der Waals surface area contributed by atoms with E-state index >= 15 is 0 Å². The molecule has 1 aromatic heterocycles. The number of hydrogen-bond donors (Lipinski definition) is 2. The zero-order valence-electron chi connectivity index (χ0n) is 23.9. The molecule has 0 radical (unpaired) electrons. The Labute approximate surface area is 251 Å². The third kappa shape index (κ3) is 5.36. The van der Waals surface area contributed by atoms with Gasteiger partial charge in [0.15, 0.2) is 0 Å². The summed E-state index contributed by atoms with van der Waals surface area (Å²) in [6.45, 7) is 3.23. The van der Waals surface area contributed by atoms with E-state index in [1.165, 1.54) is 24.8 Å². The summed E-state index contributed by atoms with van der Waals surface area (Å²) >= 11 is 1.57. The van der Waals surface area contributed by atoms with E-state index < -0.39 is 0 Å². The van der Waals surface area contributed by atoms with Gasteiger partial charge in [-0.05, 0) is 98.7 Å². The van der Waals surface area contributed by atoms with Crippen molar-refractivity contribution in [2.75, 3.05) is 42.1 Å². The normalized spacial score (nSPS) is 21.7. The largest absolute Gasteiger partial charge is 0.391 e. The summed E-state index contributed by atoms with van der Waals surface area (Å²) in [5.41, 5.74) is 11.1. The fourth-order valence-electron chi connectivity index (χ4n) is 6.83. The van der Waals surface area contributed by atoms with Gasteiger partial charge in [0.2, 0.25) is 0 Å². The van der Waals surface area contributed by atoms with Gasteiger partial charge in [0.05, 0.1) is 16.3 Å². The molecule has 2 atom stereocenters. The Morgan fingerprint density at radius 1 is 0.976 bits per heavy atom. The second kappa shape index (κ2) is 11.4. The number of aliphatic imine (C=N–C) groups is 1. The molecule has 3 aromatic rings. The van der Waals surface area contributed by atoms with Gasteiger partial charge in [-0.1, -0.05) is 24.3 Å². The Kier molecular flexibility index (Phi) is 7.32. The molecule has 4 heterocycles. The zero-order valence-corrected chi connectivity index (χ0v) is 24.7. The van der Waals surface area contributed by atoms with Crippen LogP contribution in [0.2, 0.25) is 0 Å². The average molecular weight is 580 g/mol. The molecular formula is C34H37N5O2S. The number of benzene rings is 2. The summed E-state index contributed by atoms with van der Waals surface area (Å²) in [6.07, 6.45) is 9.86. The second-order valence-corrected chi connectivity index (χ2v) is 13.0. The maximum atomic E-state index is 13.7. The summed E-state index contributed by atoms with van der Waals surface area (Å²) < 4.78 is 0. The van der Waals surface area contributed by atoms with E-state index in [9.17, 15) is 9.59 Å². The molecule has 42 heavy (non-hydrogen) atoms. The average Bonchev–Trinajstić information content (AvgIpc) is 3.67. The van der Waals surface area contributed by atoms with E-state index in [1.807, 2.05) is 47.4 Å². The van der Waals surface area contributed by atoms with E-state index in [0.717, 1.165) is 84.1 Å². The Balaban J connectivity index is 1.04. The summed E-state index contributed by atoms with van der Waals surface area (Å²) in [7, 11) is 0. The minimum absolute atomic E-state index is 0.0569. The summed E-state index contributed by atoms with van der Waals surface area (Å²) in [6, 6.07) is 17.3. The van der Waals surface area contributed by atoms with Crippen molar-refractivity contribution in [1.82, 2.24) is 4.90 Å². The molecule has 2 aromatic carbocycles. The molecule has 1 saturated carbocycles. The molecule has 7 rings (SSSR count). The first-order chi connectivity index (χ1) is 20.5. The number of carbonyl (C=O) groups excluding carboxylic acids is 2. The van der Waals surface area contributed by atoms with E-state index in [1.54, 1.807) is 23.5 Å². The number of amidine groups is 1. The van der Waals surface area contributed by atoms with Crippen molar-refractivity contribution in [2.24, 2.45) is 16.8 Å². The van der Waals surface area contributed by atoms with E-state index in [-0.39, 0.29) is 11.8 Å². The van der Waals surface area contributed by atoms with Gasteiger partial charge >= 0.3 is 0 Å². The highest BCUT2D eigenvalue weighted by atomic mass is 32.1. The van der Waals surface area contributed by atoms with Crippen molar-refractivity contribution < 1.29 is 9.59 Å². The number of dihydropyridines is 1. The predicted molar refractivity (Wildman–Crippen MR) is 171 cm³/mol. The fraction of sp³-hybridized carbons (Fsp3) is 0.382. The molecule has 2 fully saturated rings. The number of anilines is 3. The van der Waals surface area contributed by atoms with Gasteiger partial charge in [-0.15, -0.1) is 11.3 Å². The van der Waals surface area contributed by atoms with Crippen LogP contribution in [0.4, 0.5) is 16.4 Å². The van der Waals surface area contributed by atoms with Crippen LogP contribution in [0.25, 0.3) is 10.4 Å². The molecule has 2 unspecified atom stereocenters. The lowest BCUT2D eigenvalue weighted by Gasteiger charge is -2.29. The second-order valence-electron chi connectivity index (χ2n) is 11.9. The SMILES string of the molecule is Nc1cc2c(s1)-c1ccccc1N(C(=O)c1ccc(NC(=O)C3=CCCN=C3N3CCCC4CC4CCC3)cc1)CC2. The van der Waals surface area contributed by atoms with Gasteiger partial charge in [0.1, 0.15) is 5.84 Å². The van der Waals surface area contributed by atoms with E-state index in [0.29, 0.717) is 23.4 Å². The van der Waals surface area contributed by atoms with Crippen LogP contribution in [-0.4, -0.2) is 48.7 Å². The number of nitrogens with zero attached hydrogens (tertiary/aromatic N) is 3. The van der Waals surface area contributed by atoms with Crippen LogP contribution in [0.3, 0.4) is 0 Å². The third-order valence-electron chi connectivity index (χ3n) is 9.11. The number of nitrogens with one attached hydrogen (secondary N) is 1. The van der Waals surface area contributed by atoms with Crippen molar-refractivity contribution >= 4 is 45.4 Å². The number of para-hydroxylation sites is 1. The number of nitrogen functional groups attached to an aromatic ring is 1. The van der Waals surface area contributed by atoms with Crippen LogP contribution in [0.15, 0.2) is 71.2 Å². The molecule has 1 saturated heterocycles. The topological polar surface area (TPSA) is 91.0 Å². The third-order valence-corrected chi connectivity index (χ3v) is 10.1. The minimum Gasteiger partial charge on any atom is -0.391 e. The number of fused-ring (bicyclic) bond motifs is 4. The molecule has 7 nitrogen and oxygen atoms in total. The number of hydrogen-bond acceptors (Lipinski definition) is 6. The van der Waals surface area contributed by atoms with Crippen molar-refractivity contribution in [2.45, 2.75) is 44.9 Å². The molecular weight excluding hydrogens is 542 g/mol. The highest BCUT2D eigenvalue weighted by molar-refractivity contribution is 7.19. The first-order valence-electron chi connectivity index (χ1n) is 15.3. The van der Waals surface area contributed by atoms with E-state index in [2.05, 4.69) is 16.3 Å². The van der Waals surface area contributed by atoms with Crippen LogP contribution in [0, 0.1) is 11.8 Å². The molecule has 0 bridgehead atoms. The van der Waals surface area contributed by atoms with Crippen LogP contribution >= 0.6 is 11.3 Å². The Bertz CT molecular complexity index is 1560. The number of rotatable bonds is 3. The molecule has 4 aliphatic rings. The molecule has 216 valence electrons. The van der Waals surface area contributed by atoms with Gasteiger partial charge in [-0.25, -0.2) is 0 Å². The molecule has 3 aliphatic heterocycles. The molecule has 0 spiro atoms. The maximum Gasteiger partial charge on any atom is 0.259 e. The summed E-state index contributed by atoms with van der Waals surface area (Å²) in [4.78, 5) is 37.4.